The Kier molecular flexibility index (Phi) is 5.49. The van der Waals surface area contributed by atoms with Gasteiger partial charge in [0.2, 0.25) is 0 Å². The van der Waals surface area contributed by atoms with Crippen molar-refractivity contribution in [2.45, 2.75) is 13.8 Å². The van der Waals surface area contributed by atoms with Crippen LogP contribution in [0.2, 0.25) is 5.02 Å². The van der Waals surface area contributed by atoms with Crippen molar-refractivity contribution in [1.29, 1.82) is 0 Å². The van der Waals surface area contributed by atoms with Crippen LogP contribution in [-0.4, -0.2) is 11.0 Å². The maximum Gasteiger partial charge on any atom is 0.279 e. The first-order chi connectivity index (χ1) is 11.0. The van der Waals surface area contributed by atoms with Crippen molar-refractivity contribution >= 4 is 28.9 Å². The largest absolute Gasteiger partial charge is 0.510 e. The molecule has 1 amide bonds. The summed E-state index contributed by atoms with van der Waals surface area (Å²) in [5.41, 5.74) is 1.79. The van der Waals surface area contributed by atoms with Crippen LogP contribution in [0, 0.1) is 6.92 Å². The van der Waals surface area contributed by atoms with Crippen LogP contribution in [0.1, 0.15) is 12.5 Å². The van der Waals surface area contributed by atoms with Gasteiger partial charge in [0.1, 0.15) is 11.4 Å². The number of allylic oxidation sites excluding steroid dienone is 1. The molecular formula is C17H16ClN3O2. The third-order valence-electron chi connectivity index (χ3n) is 3.06. The Bertz CT molecular complexity index is 781. The van der Waals surface area contributed by atoms with Crippen LogP contribution < -0.4 is 5.32 Å². The molecule has 23 heavy (non-hydrogen) atoms. The highest BCUT2D eigenvalue weighted by atomic mass is 35.5. The van der Waals surface area contributed by atoms with Gasteiger partial charge in [-0.05, 0) is 37.6 Å². The summed E-state index contributed by atoms with van der Waals surface area (Å²) in [6.07, 6.45) is 0. The Hall–Kier alpha value is -2.66. The van der Waals surface area contributed by atoms with E-state index in [2.05, 4.69) is 15.5 Å². The first-order valence-electron chi connectivity index (χ1n) is 6.92. The maximum absolute atomic E-state index is 12.3. The number of aryl methyl sites for hydroxylation is 1. The molecule has 0 fully saturated rings. The van der Waals surface area contributed by atoms with Gasteiger partial charge < -0.3 is 10.4 Å². The average molecular weight is 330 g/mol. The average Bonchev–Trinajstić information content (AvgIpc) is 2.51. The number of carbonyl (C=O) groups is 1. The van der Waals surface area contributed by atoms with Crippen LogP contribution in [0.5, 0.6) is 0 Å². The molecule has 0 aliphatic carbocycles. The molecule has 0 atom stereocenters. The molecule has 0 bridgehead atoms. The highest BCUT2D eigenvalue weighted by Crippen LogP contribution is 2.25. The number of rotatable bonds is 4. The second-order valence-corrected chi connectivity index (χ2v) is 5.26. The zero-order valence-corrected chi connectivity index (χ0v) is 13.5. The summed E-state index contributed by atoms with van der Waals surface area (Å²) >= 11 is 5.98. The van der Waals surface area contributed by atoms with Gasteiger partial charge in [-0.3, -0.25) is 4.79 Å². The van der Waals surface area contributed by atoms with Crippen LogP contribution in [-0.2, 0) is 4.79 Å². The van der Waals surface area contributed by atoms with E-state index in [4.69, 9.17) is 11.6 Å². The Morgan fingerprint density at radius 3 is 2.43 bits per heavy atom. The van der Waals surface area contributed by atoms with Crippen molar-refractivity contribution < 1.29 is 9.90 Å². The van der Waals surface area contributed by atoms with Crippen LogP contribution in [0.4, 0.5) is 11.4 Å². The molecular weight excluding hydrogens is 314 g/mol. The van der Waals surface area contributed by atoms with E-state index >= 15 is 0 Å². The van der Waals surface area contributed by atoms with Crippen LogP contribution in [0.15, 0.2) is 70.2 Å². The van der Waals surface area contributed by atoms with Gasteiger partial charge in [-0.25, -0.2) is 0 Å². The third kappa shape index (κ3) is 4.40. The van der Waals surface area contributed by atoms with E-state index in [9.17, 15) is 9.90 Å². The minimum atomic E-state index is -0.546. The monoisotopic (exact) mass is 329 g/mol. The normalized spacial score (nSPS) is 12.1. The van der Waals surface area contributed by atoms with Crippen LogP contribution in [0.25, 0.3) is 0 Å². The minimum Gasteiger partial charge on any atom is -0.510 e. The van der Waals surface area contributed by atoms with E-state index in [1.54, 1.807) is 30.3 Å². The Morgan fingerprint density at radius 1 is 1.13 bits per heavy atom. The van der Waals surface area contributed by atoms with Gasteiger partial charge in [-0.15, -0.1) is 10.2 Å². The molecule has 2 rings (SSSR count). The number of azo groups is 1. The zero-order valence-electron chi connectivity index (χ0n) is 12.7. The molecule has 0 heterocycles. The first-order valence-corrected chi connectivity index (χ1v) is 7.30. The molecule has 2 N–H and O–H groups in total. The summed E-state index contributed by atoms with van der Waals surface area (Å²) in [5.74, 6) is -0.776. The number of nitrogens with one attached hydrogen (secondary N) is 1. The van der Waals surface area contributed by atoms with Gasteiger partial charge in [0, 0.05) is 5.69 Å². The van der Waals surface area contributed by atoms with Gasteiger partial charge >= 0.3 is 0 Å². The molecule has 0 aliphatic rings. The smallest absolute Gasteiger partial charge is 0.279 e. The number of amides is 1. The van der Waals surface area contributed by atoms with Crippen LogP contribution in [0.3, 0.4) is 0 Å². The van der Waals surface area contributed by atoms with Crippen molar-refractivity contribution in [2.75, 3.05) is 5.32 Å². The number of benzene rings is 2. The number of nitrogens with zero attached hydrogens (tertiary/aromatic N) is 2. The molecule has 118 valence electrons. The lowest BCUT2D eigenvalue weighted by Gasteiger charge is -2.08. The Balaban J connectivity index is 2.23. The number of aliphatic hydroxyl groups excluding tert-OH is 1. The van der Waals surface area contributed by atoms with Crippen molar-refractivity contribution in [3.63, 3.8) is 0 Å². The quantitative estimate of drug-likeness (QED) is 0.462. The maximum atomic E-state index is 12.3. The number of hydrogen-bond acceptors (Lipinski definition) is 4. The lowest BCUT2D eigenvalue weighted by atomic mass is 10.2. The zero-order chi connectivity index (χ0) is 16.8. The van der Waals surface area contributed by atoms with Crippen LogP contribution >= 0.6 is 11.6 Å². The molecule has 6 heteroatoms. The summed E-state index contributed by atoms with van der Waals surface area (Å²) in [4.78, 5) is 12.3. The molecule has 2 aromatic rings. The fourth-order valence-corrected chi connectivity index (χ4v) is 1.99. The van der Waals surface area contributed by atoms with Gasteiger partial charge in [-0.2, -0.15) is 0 Å². The lowest BCUT2D eigenvalue weighted by Crippen LogP contribution is -2.15. The van der Waals surface area contributed by atoms with Crippen molar-refractivity contribution in [3.05, 3.63) is 70.6 Å². The number of carbonyl (C=O) groups excluding carboxylic acids is 1. The summed E-state index contributed by atoms with van der Waals surface area (Å²) in [5, 5.41) is 20.6. The summed E-state index contributed by atoms with van der Waals surface area (Å²) in [6, 6.07) is 14.2. The number of hydrogen-bond donors (Lipinski definition) is 2. The summed E-state index contributed by atoms with van der Waals surface area (Å²) in [7, 11) is 0. The van der Waals surface area contributed by atoms with E-state index in [1.165, 1.54) is 6.92 Å². The molecule has 0 aromatic heterocycles. The molecule has 0 saturated carbocycles. The fraction of sp³-hybridized carbons (Fsp3) is 0.118. The van der Waals surface area contributed by atoms with Crippen molar-refractivity contribution in [1.82, 2.24) is 0 Å². The van der Waals surface area contributed by atoms with E-state index < -0.39 is 5.91 Å². The Labute approximate surface area is 139 Å². The Morgan fingerprint density at radius 2 is 1.78 bits per heavy atom. The van der Waals surface area contributed by atoms with E-state index in [-0.39, 0.29) is 11.5 Å². The number of halogens is 1. The minimum absolute atomic E-state index is 0.173. The van der Waals surface area contributed by atoms with E-state index in [0.29, 0.717) is 16.4 Å². The summed E-state index contributed by atoms with van der Waals surface area (Å²) in [6.45, 7) is 3.24. The molecule has 0 radical (unpaired) electrons. The fourth-order valence-electron chi connectivity index (χ4n) is 1.81. The van der Waals surface area contributed by atoms with Gasteiger partial charge in [0.05, 0.1) is 5.02 Å². The van der Waals surface area contributed by atoms with E-state index in [1.807, 2.05) is 25.1 Å². The molecule has 0 spiro atoms. The van der Waals surface area contributed by atoms with Crippen molar-refractivity contribution in [3.8, 4) is 0 Å². The topological polar surface area (TPSA) is 74.0 Å². The third-order valence-corrected chi connectivity index (χ3v) is 3.38. The SMILES string of the molecule is C/C(O)=C(\N=Nc1ccccc1Cl)C(=O)Nc1ccccc1C. The molecule has 5 nitrogen and oxygen atoms in total. The predicted molar refractivity (Wildman–Crippen MR) is 91.1 cm³/mol. The molecule has 0 aliphatic heterocycles. The van der Waals surface area contributed by atoms with Gasteiger partial charge in [0.25, 0.3) is 5.91 Å². The second-order valence-electron chi connectivity index (χ2n) is 4.85. The molecule has 2 aromatic carbocycles. The van der Waals surface area contributed by atoms with E-state index in [0.717, 1.165) is 5.56 Å². The lowest BCUT2D eigenvalue weighted by molar-refractivity contribution is -0.113. The number of para-hydroxylation sites is 1. The predicted octanol–water partition coefficient (Wildman–Crippen LogP) is 5.16. The molecule has 0 unspecified atom stereocenters. The summed E-state index contributed by atoms with van der Waals surface area (Å²) < 4.78 is 0. The number of aliphatic hydroxyl groups is 1. The standard InChI is InChI=1S/C17H16ClN3O2/c1-11-7-3-5-9-14(11)19-17(23)16(12(2)22)21-20-15-10-6-4-8-13(15)18/h3-10,22H,1-2H3,(H,19,23)/b16-12+,21-20?. The van der Waals surface area contributed by atoms with Crippen molar-refractivity contribution in [2.24, 2.45) is 10.2 Å². The number of anilines is 1. The second kappa shape index (κ2) is 7.56. The highest BCUT2D eigenvalue weighted by molar-refractivity contribution is 6.32. The highest BCUT2D eigenvalue weighted by Gasteiger charge is 2.14. The van der Waals surface area contributed by atoms with Gasteiger partial charge in [0.15, 0.2) is 5.70 Å². The molecule has 0 saturated heterocycles. The van der Waals surface area contributed by atoms with Gasteiger partial charge in [-0.1, -0.05) is 41.9 Å². The first kappa shape index (κ1) is 16.7.